The van der Waals surface area contributed by atoms with Crippen LogP contribution in [-0.2, 0) is 27.8 Å². The zero-order valence-electron chi connectivity index (χ0n) is 17.5. The quantitative estimate of drug-likeness (QED) is 0.624. The summed E-state index contributed by atoms with van der Waals surface area (Å²) < 4.78 is 28.3. The Morgan fingerprint density at radius 3 is 2.40 bits per heavy atom. The largest absolute Gasteiger partial charge is 0.326 e. The number of anilines is 2. The molecule has 0 aliphatic carbocycles. The van der Waals surface area contributed by atoms with Gasteiger partial charge in [-0.25, -0.2) is 8.42 Å². The lowest BCUT2D eigenvalue weighted by atomic mass is 9.95. The molecule has 30 heavy (non-hydrogen) atoms. The van der Waals surface area contributed by atoms with Crippen molar-refractivity contribution >= 4 is 38.9 Å². The molecule has 0 atom stereocenters. The van der Waals surface area contributed by atoms with E-state index in [4.69, 9.17) is 11.6 Å². The van der Waals surface area contributed by atoms with E-state index in [-0.39, 0.29) is 16.7 Å². The molecule has 3 rings (SSSR count). The smallest absolute Gasteiger partial charge is 0.261 e. The van der Waals surface area contributed by atoms with Crippen molar-refractivity contribution in [1.82, 2.24) is 4.90 Å². The molecule has 6 nitrogen and oxygen atoms in total. The number of likely N-dealkylation sites (N-methyl/N-ethyl adjacent to an activating group) is 1. The monoisotopic (exact) mass is 449 g/mol. The van der Waals surface area contributed by atoms with E-state index in [1.54, 1.807) is 50.2 Å². The molecule has 162 valence electrons. The number of nitrogens with one attached hydrogen (secondary N) is 2. The number of alkyl halides is 1. The number of halogens is 1. The van der Waals surface area contributed by atoms with Crippen molar-refractivity contribution in [3.05, 3.63) is 53.6 Å². The van der Waals surface area contributed by atoms with Gasteiger partial charge in [-0.1, -0.05) is 13.0 Å². The third-order valence-corrected chi connectivity index (χ3v) is 7.42. The molecule has 0 radical (unpaired) electrons. The van der Waals surface area contributed by atoms with Crippen LogP contribution in [0.1, 0.15) is 31.9 Å². The summed E-state index contributed by atoms with van der Waals surface area (Å²) in [6.07, 6.45) is 0.935. The molecule has 1 aliphatic heterocycles. The lowest BCUT2D eigenvalue weighted by molar-refractivity contribution is -0.122. The van der Waals surface area contributed by atoms with E-state index in [0.29, 0.717) is 11.4 Å². The standard InChI is InChI=1S/C22H28ClN3O3S/c1-4-26-12-11-16-5-10-20(13-17(16)14-26)30(28,29)25-19-8-6-18(7-9-19)24-21(27)22(2,3)15-23/h5-10,13,25H,4,11-12,14-15H2,1-3H3,(H,24,27). The molecule has 2 aromatic carbocycles. The van der Waals surface area contributed by atoms with E-state index in [0.717, 1.165) is 31.6 Å². The van der Waals surface area contributed by atoms with Gasteiger partial charge in [0.05, 0.1) is 10.3 Å². The lowest BCUT2D eigenvalue weighted by Gasteiger charge is -2.27. The first-order valence-electron chi connectivity index (χ1n) is 9.99. The molecule has 8 heteroatoms. The van der Waals surface area contributed by atoms with Crippen molar-refractivity contribution in [2.75, 3.05) is 29.0 Å². The topological polar surface area (TPSA) is 78.5 Å². The summed E-state index contributed by atoms with van der Waals surface area (Å²) in [7, 11) is -3.71. The third-order valence-electron chi connectivity index (χ3n) is 5.37. The van der Waals surface area contributed by atoms with Crippen molar-refractivity contribution in [1.29, 1.82) is 0 Å². The Morgan fingerprint density at radius 1 is 1.10 bits per heavy atom. The maximum Gasteiger partial charge on any atom is 0.261 e. The van der Waals surface area contributed by atoms with Gasteiger partial charge < -0.3 is 5.32 Å². The minimum absolute atomic E-state index is 0.194. The highest BCUT2D eigenvalue weighted by Gasteiger charge is 2.26. The summed E-state index contributed by atoms with van der Waals surface area (Å²) in [5.74, 6) is 0.00839. The number of carbonyl (C=O) groups excluding carboxylic acids is 1. The number of carbonyl (C=O) groups is 1. The molecule has 0 aromatic heterocycles. The molecule has 0 spiro atoms. The number of fused-ring (bicyclic) bond motifs is 1. The van der Waals surface area contributed by atoms with Crippen LogP contribution >= 0.6 is 11.6 Å². The number of hydrogen-bond acceptors (Lipinski definition) is 4. The molecular weight excluding hydrogens is 422 g/mol. The molecule has 0 saturated heterocycles. The molecule has 1 amide bonds. The maximum atomic E-state index is 12.9. The van der Waals surface area contributed by atoms with Gasteiger partial charge in [0, 0.05) is 30.3 Å². The second kappa shape index (κ2) is 8.96. The summed E-state index contributed by atoms with van der Waals surface area (Å²) in [5, 5.41) is 2.79. The Bertz CT molecular complexity index is 1020. The minimum Gasteiger partial charge on any atom is -0.326 e. The lowest BCUT2D eigenvalue weighted by Crippen LogP contribution is -2.32. The maximum absolute atomic E-state index is 12.9. The predicted molar refractivity (Wildman–Crippen MR) is 121 cm³/mol. The summed E-state index contributed by atoms with van der Waals surface area (Å²) in [6, 6.07) is 11.9. The fourth-order valence-corrected chi connectivity index (χ4v) is 4.46. The van der Waals surface area contributed by atoms with Gasteiger partial charge in [-0.15, -0.1) is 11.6 Å². The number of nitrogens with zero attached hydrogens (tertiary/aromatic N) is 1. The second-order valence-electron chi connectivity index (χ2n) is 8.20. The van der Waals surface area contributed by atoms with E-state index < -0.39 is 15.4 Å². The number of hydrogen-bond donors (Lipinski definition) is 2. The van der Waals surface area contributed by atoms with Gasteiger partial charge in [-0.05, 0) is 74.3 Å². The second-order valence-corrected chi connectivity index (χ2v) is 10.2. The van der Waals surface area contributed by atoms with Crippen LogP contribution in [0.2, 0.25) is 0 Å². The number of amides is 1. The summed E-state index contributed by atoms with van der Waals surface area (Å²) in [4.78, 5) is 14.8. The van der Waals surface area contributed by atoms with E-state index in [1.807, 2.05) is 6.07 Å². The summed E-state index contributed by atoms with van der Waals surface area (Å²) >= 11 is 5.83. The van der Waals surface area contributed by atoms with Crippen molar-refractivity contribution in [2.24, 2.45) is 5.41 Å². The molecule has 0 bridgehead atoms. The molecule has 2 N–H and O–H groups in total. The predicted octanol–water partition coefficient (Wildman–Crippen LogP) is 4.07. The van der Waals surface area contributed by atoms with Crippen LogP contribution in [0.5, 0.6) is 0 Å². The van der Waals surface area contributed by atoms with Gasteiger partial charge in [-0.3, -0.25) is 14.4 Å². The highest BCUT2D eigenvalue weighted by molar-refractivity contribution is 7.92. The molecule has 1 heterocycles. The average molecular weight is 450 g/mol. The molecule has 2 aromatic rings. The number of sulfonamides is 1. The number of rotatable bonds is 7. The van der Waals surface area contributed by atoms with Crippen molar-refractivity contribution in [2.45, 2.75) is 38.6 Å². The Balaban J connectivity index is 1.72. The van der Waals surface area contributed by atoms with Gasteiger partial charge in [0.15, 0.2) is 0 Å². The molecule has 0 unspecified atom stereocenters. The zero-order chi connectivity index (χ0) is 21.9. The van der Waals surface area contributed by atoms with Crippen LogP contribution in [0.3, 0.4) is 0 Å². The molecular formula is C22H28ClN3O3S. The van der Waals surface area contributed by atoms with Crippen molar-refractivity contribution < 1.29 is 13.2 Å². The van der Waals surface area contributed by atoms with E-state index in [2.05, 4.69) is 21.9 Å². The SMILES string of the molecule is CCN1CCc2ccc(S(=O)(=O)Nc3ccc(NC(=O)C(C)(C)CCl)cc3)cc2C1. The normalized spacial score (nSPS) is 14.8. The van der Waals surface area contributed by atoms with Crippen LogP contribution in [0, 0.1) is 5.41 Å². The van der Waals surface area contributed by atoms with Gasteiger partial charge in [0.25, 0.3) is 10.0 Å². The van der Waals surface area contributed by atoms with Crippen molar-refractivity contribution in [3.63, 3.8) is 0 Å². The number of benzene rings is 2. The Kier molecular flexibility index (Phi) is 6.75. The first-order valence-corrected chi connectivity index (χ1v) is 12.0. The van der Waals surface area contributed by atoms with E-state index in [9.17, 15) is 13.2 Å². The van der Waals surface area contributed by atoms with Crippen LogP contribution in [0.15, 0.2) is 47.4 Å². The fraction of sp³-hybridized carbons (Fsp3) is 0.409. The molecule has 1 aliphatic rings. The first-order chi connectivity index (χ1) is 14.1. The highest BCUT2D eigenvalue weighted by atomic mass is 35.5. The van der Waals surface area contributed by atoms with Crippen molar-refractivity contribution in [3.8, 4) is 0 Å². The van der Waals surface area contributed by atoms with Gasteiger partial charge in [0.2, 0.25) is 5.91 Å². The van der Waals surface area contributed by atoms with E-state index in [1.165, 1.54) is 5.56 Å². The summed E-state index contributed by atoms with van der Waals surface area (Å²) in [5.41, 5.74) is 2.58. The molecule has 0 saturated carbocycles. The highest BCUT2D eigenvalue weighted by Crippen LogP contribution is 2.25. The van der Waals surface area contributed by atoms with Gasteiger partial charge in [0.1, 0.15) is 0 Å². The zero-order valence-corrected chi connectivity index (χ0v) is 19.1. The fourth-order valence-electron chi connectivity index (χ4n) is 3.23. The van der Waals surface area contributed by atoms with Crippen LogP contribution in [0.25, 0.3) is 0 Å². The van der Waals surface area contributed by atoms with Crippen LogP contribution in [-0.4, -0.2) is 38.2 Å². The first kappa shape index (κ1) is 22.6. The van der Waals surface area contributed by atoms with Gasteiger partial charge >= 0.3 is 0 Å². The molecule has 0 fully saturated rings. The Labute approximate surface area is 183 Å². The van der Waals surface area contributed by atoms with Gasteiger partial charge in [-0.2, -0.15) is 0 Å². The average Bonchev–Trinajstić information content (AvgIpc) is 2.74. The Hall–Kier alpha value is -2.09. The minimum atomic E-state index is -3.71. The third kappa shape index (κ3) is 5.14. The van der Waals surface area contributed by atoms with E-state index >= 15 is 0 Å². The van der Waals surface area contributed by atoms with Crippen LogP contribution < -0.4 is 10.0 Å². The summed E-state index contributed by atoms with van der Waals surface area (Å²) in [6.45, 7) is 8.34. The Morgan fingerprint density at radius 2 is 1.77 bits per heavy atom. The van der Waals surface area contributed by atoms with Crippen LogP contribution in [0.4, 0.5) is 11.4 Å².